The molecule has 0 radical (unpaired) electrons. The third-order valence-electron chi connectivity index (χ3n) is 8.27. The van der Waals surface area contributed by atoms with E-state index in [1.165, 1.54) is 21.5 Å². The Kier molecular flexibility index (Phi) is 5.40. The van der Waals surface area contributed by atoms with Gasteiger partial charge < -0.3 is 10.6 Å². The highest BCUT2D eigenvalue weighted by atomic mass is 15.1. The summed E-state index contributed by atoms with van der Waals surface area (Å²) in [6.45, 7) is 0. The summed E-state index contributed by atoms with van der Waals surface area (Å²) >= 11 is 0. The first-order valence-electron chi connectivity index (χ1n) is 14.6. The quantitative estimate of drug-likeness (QED) is 0.224. The van der Waals surface area contributed by atoms with Crippen LogP contribution in [0.15, 0.2) is 144 Å². The second-order valence-corrected chi connectivity index (χ2v) is 11.0. The SMILES string of the molecule is c1ccc(/N=C2\Nc3cccc4cc(-c5ccc(-c6cc7c8c(cccc8c6)N/C7=N\c6ccccn6)cc5)cc2c34)nc1. The standard InChI is InChI=1S/C38H24N6/c1-3-17-39-33(11-1)43-37-29-21-27(19-25-7-5-9-31(41-37)35(25)29)23-13-15-24(16-14-23)28-20-26-8-6-10-32-36(26)30(22-28)38(42-32)44-34-12-2-4-18-40-34/h1-22H,(H,39,41,43)(H,40,42,44). The van der Waals surface area contributed by atoms with Gasteiger partial charge in [0.1, 0.15) is 11.7 Å². The maximum absolute atomic E-state index is 4.84. The van der Waals surface area contributed by atoms with Gasteiger partial charge in [0, 0.05) is 45.7 Å². The van der Waals surface area contributed by atoms with Gasteiger partial charge in [0.2, 0.25) is 0 Å². The summed E-state index contributed by atoms with van der Waals surface area (Å²) in [5, 5.41) is 11.7. The summed E-state index contributed by atoms with van der Waals surface area (Å²) < 4.78 is 0. The van der Waals surface area contributed by atoms with E-state index in [0.29, 0.717) is 11.6 Å². The lowest BCUT2D eigenvalue weighted by molar-refractivity contribution is 1.27. The van der Waals surface area contributed by atoms with Crippen molar-refractivity contribution < 1.29 is 0 Å². The average molecular weight is 565 g/mol. The minimum absolute atomic E-state index is 0.681. The van der Waals surface area contributed by atoms with Crippen molar-refractivity contribution in [3.63, 3.8) is 0 Å². The zero-order valence-corrected chi connectivity index (χ0v) is 23.5. The summed E-state index contributed by atoms with van der Waals surface area (Å²) in [6.07, 6.45) is 3.53. The van der Waals surface area contributed by atoms with Gasteiger partial charge in [0.15, 0.2) is 11.6 Å². The molecular weight excluding hydrogens is 540 g/mol. The number of nitrogens with zero attached hydrogens (tertiary/aromatic N) is 4. The molecule has 5 aromatic carbocycles. The molecule has 0 saturated carbocycles. The van der Waals surface area contributed by atoms with Crippen molar-refractivity contribution in [3.8, 4) is 22.3 Å². The van der Waals surface area contributed by atoms with Crippen molar-refractivity contribution in [1.82, 2.24) is 9.97 Å². The molecular formula is C38H24N6. The smallest absolute Gasteiger partial charge is 0.154 e. The third kappa shape index (κ3) is 4.04. The summed E-state index contributed by atoms with van der Waals surface area (Å²) in [6, 6.07) is 42.0. The molecule has 2 aliphatic heterocycles. The second-order valence-electron chi connectivity index (χ2n) is 11.0. The van der Waals surface area contributed by atoms with Crippen LogP contribution in [0.25, 0.3) is 43.8 Å². The molecule has 206 valence electrons. The third-order valence-corrected chi connectivity index (χ3v) is 8.27. The predicted molar refractivity (Wildman–Crippen MR) is 180 cm³/mol. The monoisotopic (exact) mass is 564 g/mol. The molecule has 7 aromatic rings. The van der Waals surface area contributed by atoms with Crippen molar-refractivity contribution in [3.05, 3.63) is 145 Å². The van der Waals surface area contributed by atoms with Crippen LogP contribution in [0.4, 0.5) is 23.0 Å². The molecule has 0 saturated heterocycles. The van der Waals surface area contributed by atoms with Crippen LogP contribution < -0.4 is 10.6 Å². The van der Waals surface area contributed by atoms with Crippen molar-refractivity contribution in [2.24, 2.45) is 9.98 Å². The Morgan fingerprint density at radius 2 is 0.909 bits per heavy atom. The number of hydrogen-bond acceptors (Lipinski definition) is 4. The van der Waals surface area contributed by atoms with Crippen LogP contribution in [0.3, 0.4) is 0 Å². The predicted octanol–water partition coefficient (Wildman–Crippen LogP) is 9.12. The van der Waals surface area contributed by atoms with Crippen LogP contribution in [-0.4, -0.2) is 21.6 Å². The molecule has 0 aliphatic carbocycles. The molecule has 0 amide bonds. The summed E-state index contributed by atoms with van der Waals surface area (Å²) in [5.74, 6) is 3.00. The number of pyridine rings is 2. The molecule has 0 bridgehead atoms. The first kappa shape index (κ1) is 24.5. The Labute approximate surface area is 253 Å². The van der Waals surface area contributed by atoms with Gasteiger partial charge in [-0.05, 0) is 93.7 Å². The van der Waals surface area contributed by atoms with E-state index in [0.717, 1.165) is 56.4 Å². The highest BCUT2D eigenvalue weighted by Crippen LogP contribution is 2.40. The topological polar surface area (TPSA) is 74.6 Å². The van der Waals surface area contributed by atoms with Crippen LogP contribution in [0.5, 0.6) is 0 Å². The second kappa shape index (κ2) is 9.71. The minimum Gasteiger partial charge on any atom is -0.339 e. The van der Waals surface area contributed by atoms with Crippen molar-refractivity contribution in [2.75, 3.05) is 10.6 Å². The number of benzene rings is 5. The summed E-state index contributed by atoms with van der Waals surface area (Å²) in [5.41, 5.74) is 8.89. The minimum atomic E-state index is 0.681. The lowest BCUT2D eigenvalue weighted by Crippen LogP contribution is -2.07. The van der Waals surface area contributed by atoms with Crippen LogP contribution in [0, 0.1) is 0 Å². The normalized spacial score (nSPS) is 14.8. The highest BCUT2D eigenvalue weighted by molar-refractivity contribution is 6.28. The fraction of sp³-hybridized carbons (Fsp3) is 0. The van der Waals surface area contributed by atoms with Gasteiger partial charge >= 0.3 is 0 Å². The van der Waals surface area contributed by atoms with Gasteiger partial charge in [0.05, 0.1) is 0 Å². The van der Waals surface area contributed by atoms with Crippen molar-refractivity contribution >= 4 is 56.2 Å². The summed E-state index contributed by atoms with van der Waals surface area (Å²) in [7, 11) is 0. The fourth-order valence-electron chi connectivity index (χ4n) is 6.26. The van der Waals surface area contributed by atoms with Crippen LogP contribution in [0.2, 0.25) is 0 Å². The Bertz CT molecular complexity index is 2140. The van der Waals surface area contributed by atoms with E-state index >= 15 is 0 Å². The lowest BCUT2D eigenvalue weighted by atomic mass is 9.94. The van der Waals surface area contributed by atoms with E-state index < -0.39 is 0 Å². The van der Waals surface area contributed by atoms with Crippen LogP contribution in [-0.2, 0) is 0 Å². The lowest BCUT2D eigenvalue weighted by Gasteiger charge is -2.10. The number of amidine groups is 2. The molecule has 0 unspecified atom stereocenters. The van der Waals surface area contributed by atoms with Crippen LogP contribution >= 0.6 is 0 Å². The van der Waals surface area contributed by atoms with Crippen LogP contribution in [0.1, 0.15) is 11.1 Å². The maximum atomic E-state index is 4.84. The Hall–Kier alpha value is -6.14. The van der Waals surface area contributed by atoms with Crippen molar-refractivity contribution in [2.45, 2.75) is 0 Å². The highest BCUT2D eigenvalue weighted by Gasteiger charge is 2.23. The number of rotatable bonds is 4. The van der Waals surface area contributed by atoms with Gasteiger partial charge in [-0.25, -0.2) is 20.0 Å². The molecule has 0 spiro atoms. The molecule has 9 rings (SSSR count). The Morgan fingerprint density at radius 3 is 1.34 bits per heavy atom. The van der Waals surface area contributed by atoms with E-state index in [-0.39, 0.29) is 0 Å². The number of aliphatic imine (C=N–C) groups is 2. The van der Waals surface area contributed by atoms with E-state index in [2.05, 4.69) is 106 Å². The molecule has 0 fully saturated rings. The number of anilines is 2. The zero-order chi connectivity index (χ0) is 29.0. The largest absolute Gasteiger partial charge is 0.339 e. The van der Waals surface area contributed by atoms with E-state index in [1.807, 2.05) is 36.4 Å². The Balaban J connectivity index is 1.11. The molecule has 4 heterocycles. The van der Waals surface area contributed by atoms with Gasteiger partial charge in [-0.15, -0.1) is 0 Å². The molecule has 44 heavy (non-hydrogen) atoms. The molecule has 6 nitrogen and oxygen atoms in total. The first-order valence-corrected chi connectivity index (χ1v) is 14.6. The Morgan fingerprint density at radius 1 is 0.432 bits per heavy atom. The first-order chi connectivity index (χ1) is 21.8. The van der Waals surface area contributed by atoms with E-state index in [9.17, 15) is 0 Å². The average Bonchev–Trinajstić information content (AvgIpc) is 3.61. The fourth-order valence-corrected chi connectivity index (χ4v) is 6.26. The number of nitrogens with one attached hydrogen (secondary N) is 2. The molecule has 0 atom stereocenters. The molecule has 2 N–H and O–H groups in total. The molecule has 2 aliphatic rings. The number of aromatic nitrogens is 2. The van der Waals surface area contributed by atoms with Crippen molar-refractivity contribution in [1.29, 1.82) is 0 Å². The number of hydrogen-bond donors (Lipinski definition) is 2. The van der Waals surface area contributed by atoms with E-state index in [1.54, 1.807) is 12.4 Å². The zero-order valence-electron chi connectivity index (χ0n) is 23.5. The maximum Gasteiger partial charge on any atom is 0.154 e. The van der Waals surface area contributed by atoms with E-state index in [4.69, 9.17) is 9.98 Å². The molecule has 6 heteroatoms. The van der Waals surface area contributed by atoms with Gasteiger partial charge in [-0.2, -0.15) is 0 Å². The van der Waals surface area contributed by atoms with Gasteiger partial charge in [-0.3, -0.25) is 0 Å². The molecule has 2 aromatic heterocycles. The van der Waals surface area contributed by atoms with Gasteiger partial charge in [-0.1, -0.05) is 60.7 Å². The summed E-state index contributed by atoms with van der Waals surface area (Å²) in [4.78, 5) is 18.5. The van der Waals surface area contributed by atoms with Gasteiger partial charge in [0.25, 0.3) is 0 Å².